The molecule has 0 bridgehead atoms. The molecule has 3 radical (unpaired) electrons. The molecule has 0 aliphatic rings. The predicted octanol–water partition coefficient (Wildman–Crippen LogP) is 24.0. The number of terminal acetylenes is 1. The first-order valence-corrected chi connectivity index (χ1v) is 45.9. The number of nitrogens with zero attached hydrogens (tertiary/aromatic N) is 8. The topological polar surface area (TPSA) is 260 Å². The van der Waals surface area contributed by atoms with E-state index in [4.69, 9.17) is 51.5 Å². The summed E-state index contributed by atoms with van der Waals surface area (Å²) in [6.45, 7) is 10.9. The van der Waals surface area contributed by atoms with Crippen LogP contribution in [-0.2, 0) is 46.5 Å². The number of fused-ring (bicyclic) bond motifs is 4. The number of aromatic nitrogens is 8. The van der Waals surface area contributed by atoms with Gasteiger partial charge in [-0.2, -0.15) is 0 Å². The van der Waals surface area contributed by atoms with Crippen LogP contribution in [0.3, 0.4) is 0 Å². The molecule has 0 aliphatic carbocycles. The predicted molar refractivity (Wildman–Crippen MR) is 518 cm³/mol. The van der Waals surface area contributed by atoms with Crippen molar-refractivity contribution in [3.8, 4) is 86.5 Å². The van der Waals surface area contributed by atoms with Gasteiger partial charge in [-0.1, -0.05) is 119 Å². The molecule has 15 aromatic rings. The van der Waals surface area contributed by atoms with Gasteiger partial charge in [0.15, 0.2) is 14.1 Å². The summed E-state index contributed by atoms with van der Waals surface area (Å²) in [5.41, 5.74) is 22.3. The van der Waals surface area contributed by atoms with Gasteiger partial charge in [0.2, 0.25) is 0 Å². The molecule has 0 spiro atoms. The number of carbonyl (C=O) groups excluding carboxylic acids is 2. The third-order valence-corrected chi connectivity index (χ3v) is 21.0. The molecule has 8 heterocycles. The molecular weight excluding hydrogens is 1850 g/mol. The first-order valence-electron chi connectivity index (χ1n) is 36.9. The van der Waals surface area contributed by atoms with Gasteiger partial charge in [-0.25, -0.2) is 29.5 Å². The molecule has 2 amide bonds. The number of hydrogen-bond acceptors (Lipinski definition) is 21. The zero-order valence-electron chi connectivity index (χ0n) is 66.7. The Balaban J connectivity index is 0.000000276. The zero-order valence-corrected chi connectivity index (χ0v) is 75.6. The van der Waals surface area contributed by atoms with Crippen molar-refractivity contribution in [3.63, 3.8) is 0 Å². The number of carbonyl (C=O) groups is 2. The molecule has 122 heavy (non-hydrogen) atoms. The van der Waals surface area contributed by atoms with Crippen molar-refractivity contribution in [2.75, 3.05) is 27.1 Å². The molecule has 0 saturated heterocycles. The number of ether oxygens (including phenoxy) is 5. The first kappa shape index (κ1) is 100. The third kappa shape index (κ3) is 32.4. The van der Waals surface area contributed by atoms with Gasteiger partial charge < -0.3 is 45.8 Å². The Bertz CT molecular complexity index is 5770. The Labute approximate surface area is 764 Å². The summed E-state index contributed by atoms with van der Waals surface area (Å²) in [4.78, 5) is 58.8. The van der Waals surface area contributed by atoms with E-state index in [1.807, 2.05) is 183 Å². The molecule has 8 aromatic heterocycles. The van der Waals surface area contributed by atoms with Crippen LogP contribution in [0, 0.1) is 24.2 Å². The summed E-state index contributed by atoms with van der Waals surface area (Å²) >= 11 is 17.0. The number of pyridine rings is 4. The first-order chi connectivity index (χ1) is 56.9. The van der Waals surface area contributed by atoms with Crippen LogP contribution < -0.4 is 36.3 Å². The van der Waals surface area contributed by atoms with Crippen molar-refractivity contribution in [1.82, 2.24) is 50.5 Å². The van der Waals surface area contributed by atoms with Crippen LogP contribution >= 0.6 is 89.5 Å². The van der Waals surface area contributed by atoms with Crippen molar-refractivity contribution in [1.29, 1.82) is 0 Å². The average Bonchev–Trinajstić information content (AvgIpc) is 1.33. The Morgan fingerprint density at radius 1 is 0.484 bits per heavy atom. The van der Waals surface area contributed by atoms with E-state index in [1.165, 1.54) is 55.7 Å². The van der Waals surface area contributed by atoms with Crippen LogP contribution in [0.1, 0.15) is 98.4 Å². The number of halogens is 3. The normalized spacial score (nSPS) is 11.2. The molecule has 0 unspecified atom stereocenters. The van der Waals surface area contributed by atoms with E-state index in [-0.39, 0.29) is 38.2 Å². The van der Waals surface area contributed by atoms with Crippen molar-refractivity contribution in [2.45, 2.75) is 125 Å². The fraction of sp³-hybridized carbons (Fsp3) is 0.234. The summed E-state index contributed by atoms with van der Waals surface area (Å²) in [6.07, 6.45) is 22.8. The number of thiazole rings is 4. The SMILES string of the molecule is Brc1nc(-c2ccc3cnccc3c2)cs1.C.C.C.C#C[C@H](Cc1ccc(OC)cc1)NC(=O)OC(C)(C)C.COc1ccc(C[C@@H](C#Cc2nc(-c3ccc4cnccc4c3)cs2)NC(=O)OC(C)(C)C)cc1.COc1ccc(C[C@H](N)CCc2nc(-c3ccc4cnccc4c3)cs2)cc1.Nc1nc(-c2ccc3cnccc3c2)cs1.[2HH].[B].[Br][Cu][Br]. The maximum atomic E-state index is 12.4. The summed E-state index contributed by atoms with van der Waals surface area (Å²) < 4.78 is 27.1. The number of aryl methyl sites for hydroxylation is 1. The van der Waals surface area contributed by atoms with Crippen LogP contribution in [0.15, 0.2) is 245 Å². The van der Waals surface area contributed by atoms with E-state index in [2.05, 4.69) is 168 Å². The Morgan fingerprint density at radius 3 is 1.20 bits per heavy atom. The van der Waals surface area contributed by atoms with Crippen molar-refractivity contribution in [3.05, 3.63) is 272 Å². The second-order valence-corrected chi connectivity index (χ2v) is 37.9. The molecule has 3 atom stereocenters. The number of methoxy groups -OCH3 is 3. The third-order valence-electron chi connectivity index (χ3n) is 17.3. The van der Waals surface area contributed by atoms with Crippen molar-refractivity contribution < 1.29 is 46.0 Å². The molecule has 19 nitrogen and oxygen atoms in total. The number of benzene rings is 7. The van der Waals surface area contributed by atoms with Crippen LogP contribution in [-0.4, -0.2) is 111 Å². The molecular formula is C94H101BBr3CuN12O7S4. The van der Waals surface area contributed by atoms with Gasteiger partial charge in [-0.15, -0.1) is 51.8 Å². The second-order valence-electron chi connectivity index (χ2n) is 28.3. The van der Waals surface area contributed by atoms with E-state index >= 15 is 0 Å². The minimum absolute atomic E-state index is 0. The number of alkyl carbamates (subject to hydrolysis) is 2. The summed E-state index contributed by atoms with van der Waals surface area (Å²) in [5.74, 6) is 11.3. The molecule has 28 heteroatoms. The fourth-order valence-corrected chi connectivity index (χ4v) is 14.7. The molecule has 638 valence electrons. The minimum atomic E-state index is -0.595. The zero-order chi connectivity index (χ0) is 84.0. The number of rotatable bonds is 18. The Hall–Kier alpha value is -10.5. The van der Waals surface area contributed by atoms with Gasteiger partial charge in [-0.3, -0.25) is 19.9 Å². The molecule has 0 fully saturated rings. The monoisotopic (exact) mass is 1950 g/mol. The second kappa shape index (κ2) is 50.2. The fourth-order valence-electron chi connectivity index (χ4n) is 11.6. The number of hydrogen-bond donors (Lipinski definition) is 4. The van der Waals surface area contributed by atoms with Crippen LogP contribution in [0.25, 0.3) is 88.1 Å². The molecule has 7 aromatic carbocycles. The van der Waals surface area contributed by atoms with Crippen molar-refractivity contribution in [2.24, 2.45) is 5.73 Å². The molecule has 15 rings (SSSR count). The van der Waals surface area contributed by atoms with Gasteiger partial charge in [0.05, 0.1) is 61.2 Å². The quantitative estimate of drug-likeness (QED) is 0.0460. The van der Waals surface area contributed by atoms with E-state index in [1.54, 1.807) is 77.2 Å². The van der Waals surface area contributed by atoms with E-state index in [0.29, 0.717) is 23.0 Å². The van der Waals surface area contributed by atoms with Gasteiger partial charge in [0.1, 0.15) is 28.5 Å². The van der Waals surface area contributed by atoms with Gasteiger partial charge in [-0.05, 0) is 199 Å². The van der Waals surface area contributed by atoms with Gasteiger partial charge in [0.25, 0.3) is 0 Å². The average molecular weight is 1950 g/mol. The van der Waals surface area contributed by atoms with Gasteiger partial charge in [0, 0.05) is 150 Å². The molecule has 0 saturated carbocycles. The number of nitrogens with one attached hydrogen (secondary N) is 2. The number of nitrogens with two attached hydrogens (primary N) is 2. The van der Waals surface area contributed by atoms with Gasteiger partial charge >= 0.3 is 51.7 Å². The molecule has 6 N–H and O–H groups in total. The Kier molecular flexibility index (Phi) is 41.3. The number of amides is 2. The number of nitrogen functional groups attached to an aromatic ring is 1. The summed E-state index contributed by atoms with van der Waals surface area (Å²) in [7, 11) is 4.92. The van der Waals surface area contributed by atoms with Crippen molar-refractivity contribution >= 4 is 158 Å². The maximum absolute atomic E-state index is 12.4. The number of anilines is 1. The van der Waals surface area contributed by atoms with Crippen LogP contribution in [0.4, 0.5) is 14.7 Å². The Morgan fingerprint density at radius 2 is 0.836 bits per heavy atom. The molecule has 0 aliphatic heterocycles. The van der Waals surface area contributed by atoms with E-state index in [9.17, 15) is 9.59 Å². The van der Waals surface area contributed by atoms with E-state index in [0.717, 1.165) is 129 Å². The van der Waals surface area contributed by atoms with E-state index < -0.39 is 35.5 Å². The van der Waals surface area contributed by atoms with Crippen LogP contribution in [0.5, 0.6) is 17.2 Å². The summed E-state index contributed by atoms with van der Waals surface area (Å²) in [6, 6.07) is 55.7. The summed E-state index contributed by atoms with van der Waals surface area (Å²) in [5, 5.41) is 25.3. The standard InChI is InChI=1S/C28H27N3O3S.C23H23N3OS.C16H21NO3.C12H7BrN2S.C12H9N3S.3CH4.B.2BrH.Cu.H2/c1-28(2,3)34-27(32)30-23(15-19-5-10-24(33-4)11-6-19)9-12-26-31-25(18-35-26)21-7-8-22-17-29-14-13-20(22)16-21;1-27-21-7-2-16(3-8-21)12-20(24)6-9-23-26-22(15-28-23)18-4-5-19-14-25-11-10-17(19)13-18;1-6-13(17-15(18)20-16(2,3)4)11-12-7-9-14(19-5)10-8-12;2*13-12-15-11(7-16-12)9-1-2-10-6-14-4-3-8(10)5-9;;;;;;;;/h5-8,10-11,13-14,16-18,23H,15H2,1-4H3,(H,30,32);2-5,7-8,10-11,13-15,20H,6,9,12,24H2,1H3;1,7-10,13H,11H2,2-5H3,(H,17,18);1-7H;1-7H,(H2,13,15);3*1H4;;2*1H;;1H/q;;;;;;;;;;;+2;/p-2/t23-;20-;13-;;;;;;;;;;/m111........../s1/i;;;;;;;;;;;;1+1. The van der Waals surface area contributed by atoms with Crippen LogP contribution in [0.2, 0.25) is 0 Å².